The highest BCUT2D eigenvalue weighted by molar-refractivity contribution is 5.95. The molecule has 0 unspecified atom stereocenters. The van der Waals surface area contributed by atoms with Crippen LogP contribution in [-0.4, -0.2) is 41.0 Å². The SMILES string of the molecule is Cc1cc(OCCCNc2ccncc2)cc(C(=O)N(C(C)C)C2CCCCC2)c1. The van der Waals surface area contributed by atoms with Crippen LogP contribution in [0.1, 0.15) is 68.3 Å². The monoisotopic (exact) mass is 409 g/mol. The molecule has 1 fully saturated rings. The molecule has 30 heavy (non-hydrogen) atoms. The van der Waals surface area contributed by atoms with Gasteiger partial charge in [0.15, 0.2) is 0 Å². The third kappa shape index (κ3) is 6.22. The first-order valence-electron chi connectivity index (χ1n) is 11.3. The van der Waals surface area contributed by atoms with Crippen LogP contribution in [0.15, 0.2) is 42.7 Å². The van der Waals surface area contributed by atoms with Gasteiger partial charge in [-0.15, -0.1) is 0 Å². The minimum absolute atomic E-state index is 0.129. The average molecular weight is 410 g/mol. The van der Waals surface area contributed by atoms with Crippen LogP contribution in [0.4, 0.5) is 5.69 Å². The standard InChI is InChI=1S/C25H35N3O2/c1-19(2)28(23-8-5-4-6-9-23)25(29)21-16-20(3)17-24(18-21)30-15-7-12-27-22-10-13-26-14-11-22/h10-11,13-14,16-19,23H,4-9,12,15H2,1-3H3,(H,26,27). The molecule has 5 nitrogen and oxygen atoms in total. The summed E-state index contributed by atoms with van der Waals surface area (Å²) < 4.78 is 5.98. The molecule has 0 aliphatic heterocycles. The predicted molar refractivity (Wildman–Crippen MR) is 122 cm³/mol. The van der Waals surface area contributed by atoms with Gasteiger partial charge in [-0.1, -0.05) is 19.3 Å². The molecule has 0 saturated heterocycles. The summed E-state index contributed by atoms with van der Waals surface area (Å²) in [5.41, 5.74) is 2.85. The molecule has 5 heteroatoms. The van der Waals surface area contributed by atoms with E-state index in [2.05, 4.69) is 29.0 Å². The first kappa shape index (κ1) is 22.1. The first-order chi connectivity index (χ1) is 14.5. The lowest BCUT2D eigenvalue weighted by Gasteiger charge is -2.37. The van der Waals surface area contributed by atoms with Crippen LogP contribution in [0.2, 0.25) is 0 Å². The van der Waals surface area contributed by atoms with E-state index in [1.165, 1.54) is 19.3 Å². The van der Waals surface area contributed by atoms with Gasteiger partial charge in [0.05, 0.1) is 6.61 Å². The highest BCUT2D eigenvalue weighted by atomic mass is 16.5. The maximum Gasteiger partial charge on any atom is 0.254 e. The lowest BCUT2D eigenvalue weighted by molar-refractivity contribution is 0.0555. The van der Waals surface area contributed by atoms with Crippen molar-refractivity contribution in [2.75, 3.05) is 18.5 Å². The van der Waals surface area contributed by atoms with Gasteiger partial charge in [0.2, 0.25) is 0 Å². The Hall–Kier alpha value is -2.56. The molecule has 1 amide bonds. The molecule has 0 spiro atoms. The van der Waals surface area contributed by atoms with E-state index in [-0.39, 0.29) is 11.9 Å². The van der Waals surface area contributed by atoms with E-state index in [9.17, 15) is 4.79 Å². The molecule has 0 atom stereocenters. The Kier molecular flexibility index (Phi) is 8.12. The summed E-state index contributed by atoms with van der Waals surface area (Å²) >= 11 is 0. The first-order valence-corrected chi connectivity index (χ1v) is 11.3. The molecule has 1 aliphatic carbocycles. The normalized spacial score (nSPS) is 14.5. The number of benzene rings is 1. The second kappa shape index (κ2) is 11.0. The summed E-state index contributed by atoms with van der Waals surface area (Å²) in [6.45, 7) is 7.69. The van der Waals surface area contributed by atoms with Crippen LogP contribution in [-0.2, 0) is 0 Å². The van der Waals surface area contributed by atoms with Crippen molar-refractivity contribution in [3.8, 4) is 5.75 Å². The molecule has 1 N–H and O–H groups in total. The lowest BCUT2D eigenvalue weighted by atomic mass is 9.92. The van der Waals surface area contributed by atoms with Crippen LogP contribution in [0.5, 0.6) is 5.75 Å². The number of carbonyl (C=O) groups is 1. The second-order valence-corrected chi connectivity index (χ2v) is 8.50. The van der Waals surface area contributed by atoms with Crippen LogP contribution < -0.4 is 10.1 Å². The molecule has 1 saturated carbocycles. The van der Waals surface area contributed by atoms with Gasteiger partial charge in [-0.05, 0) is 75.9 Å². The zero-order chi connectivity index (χ0) is 21.3. The van der Waals surface area contributed by atoms with Crippen molar-refractivity contribution in [2.45, 2.75) is 71.4 Å². The number of nitrogens with zero attached hydrogens (tertiary/aromatic N) is 2. The van der Waals surface area contributed by atoms with Crippen molar-refractivity contribution in [3.63, 3.8) is 0 Å². The minimum Gasteiger partial charge on any atom is -0.493 e. The molecule has 1 aromatic heterocycles. The summed E-state index contributed by atoms with van der Waals surface area (Å²) in [5.74, 6) is 0.902. The zero-order valence-electron chi connectivity index (χ0n) is 18.6. The van der Waals surface area contributed by atoms with Crippen LogP contribution >= 0.6 is 0 Å². The molecule has 3 rings (SSSR count). The summed E-state index contributed by atoms with van der Waals surface area (Å²) in [6, 6.07) is 10.4. The van der Waals surface area contributed by atoms with Crippen molar-refractivity contribution in [1.29, 1.82) is 0 Å². The number of aromatic nitrogens is 1. The average Bonchev–Trinajstić information content (AvgIpc) is 2.74. The van der Waals surface area contributed by atoms with Crippen LogP contribution in [0, 0.1) is 6.92 Å². The summed E-state index contributed by atoms with van der Waals surface area (Å²) in [6.07, 6.45) is 10.4. The van der Waals surface area contributed by atoms with Crippen LogP contribution in [0.25, 0.3) is 0 Å². The Morgan fingerprint density at radius 2 is 1.90 bits per heavy atom. The number of nitrogens with one attached hydrogen (secondary N) is 1. The third-order valence-corrected chi connectivity index (χ3v) is 5.66. The number of aryl methyl sites for hydroxylation is 1. The van der Waals surface area contributed by atoms with Gasteiger partial charge in [0.1, 0.15) is 5.75 Å². The number of hydrogen-bond donors (Lipinski definition) is 1. The number of rotatable bonds is 9. The molecule has 1 aromatic carbocycles. The van der Waals surface area contributed by atoms with Gasteiger partial charge in [0, 0.05) is 42.3 Å². The van der Waals surface area contributed by atoms with E-state index in [1.807, 2.05) is 37.3 Å². The van der Waals surface area contributed by atoms with Crippen LogP contribution in [0.3, 0.4) is 0 Å². The molecule has 1 aliphatic rings. The Bertz CT molecular complexity index is 801. The van der Waals surface area contributed by atoms with Gasteiger partial charge in [-0.2, -0.15) is 0 Å². The van der Waals surface area contributed by atoms with Gasteiger partial charge < -0.3 is 15.0 Å². The number of hydrogen-bond acceptors (Lipinski definition) is 4. The van der Waals surface area contributed by atoms with Crippen molar-refractivity contribution in [3.05, 3.63) is 53.9 Å². The Morgan fingerprint density at radius 3 is 2.60 bits per heavy atom. The van der Waals surface area contributed by atoms with Crippen molar-refractivity contribution < 1.29 is 9.53 Å². The van der Waals surface area contributed by atoms with Gasteiger partial charge in [-0.3, -0.25) is 9.78 Å². The summed E-state index contributed by atoms with van der Waals surface area (Å²) in [7, 11) is 0. The van der Waals surface area contributed by atoms with E-state index in [1.54, 1.807) is 12.4 Å². The van der Waals surface area contributed by atoms with Crippen molar-refractivity contribution >= 4 is 11.6 Å². The van der Waals surface area contributed by atoms with Crippen molar-refractivity contribution in [2.24, 2.45) is 0 Å². The number of ether oxygens (including phenoxy) is 1. The minimum atomic E-state index is 0.129. The molecule has 2 aromatic rings. The molecule has 0 bridgehead atoms. The number of carbonyl (C=O) groups excluding carboxylic acids is 1. The van der Waals surface area contributed by atoms with E-state index in [4.69, 9.17) is 4.74 Å². The van der Waals surface area contributed by atoms with Gasteiger partial charge >= 0.3 is 0 Å². The highest BCUT2D eigenvalue weighted by Gasteiger charge is 2.28. The maximum absolute atomic E-state index is 13.4. The fraction of sp³-hybridized carbons (Fsp3) is 0.520. The lowest BCUT2D eigenvalue weighted by Crippen LogP contribution is -2.45. The largest absolute Gasteiger partial charge is 0.493 e. The predicted octanol–water partition coefficient (Wildman–Crippen LogP) is 5.45. The van der Waals surface area contributed by atoms with E-state index < -0.39 is 0 Å². The smallest absolute Gasteiger partial charge is 0.254 e. The number of pyridine rings is 1. The Balaban J connectivity index is 1.58. The fourth-order valence-electron chi connectivity index (χ4n) is 4.25. The topological polar surface area (TPSA) is 54.5 Å². The fourth-order valence-corrected chi connectivity index (χ4v) is 4.25. The Labute approximate surface area is 180 Å². The van der Waals surface area contributed by atoms with Gasteiger partial charge in [0.25, 0.3) is 5.91 Å². The van der Waals surface area contributed by atoms with Crippen molar-refractivity contribution in [1.82, 2.24) is 9.88 Å². The van der Waals surface area contributed by atoms with E-state index >= 15 is 0 Å². The highest BCUT2D eigenvalue weighted by Crippen LogP contribution is 2.27. The molecular formula is C25H35N3O2. The molecule has 0 radical (unpaired) electrons. The Morgan fingerprint density at radius 1 is 1.17 bits per heavy atom. The molecule has 162 valence electrons. The third-order valence-electron chi connectivity index (χ3n) is 5.66. The van der Waals surface area contributed by atoms with E-state index in [0.717, 1.165) is 48.4 Å². The molecular weight excluding hydrogens is 374 g/mol. The van der Waals surface area contributed by atoms with Gasteiger partial charge in [-0.25, -0.2) is 0 Å². The maximum atomic E-state index is 13.4. The summed E-state index contributed by atoms with van der Waals surface area (Å²) in [4.78, 5) is 19.5. The zero-order valence-corrected chi connectivity index (χ0v) is 18.6. The number of amides is 1. The quantitative estimate of drug-likeness (QED) is 0.559. The number of anilines is 1. The summed E-state index contributed by atoms with van der Waals surface area (Å²) in [5, 5.41) is 3.35. The molecule has 1 heterocycles. The second-order valence-electron chi connectivity index (χ2n) is 8.50. The van der Waals surface area contributed by atoms with E-state index in [0.29, 0.717) is 12.6 Å².